The molecule has 1 rings (SSSR count). The van der Waals surface area contributed by atoms with Crippen LogP contribution in [0.25, 0.3) is 0 Å². The lowest BCUT2D eigenvalue weighted by Crippen LogP contribution is -2.38. The van der Waals surface area contributed by atoms with Crippen LogP contribution < -0.4 is 10.1 Å². The largest absolute Gasteiger partial charge is 0.492 e. The number of hydrogen-bond donors (Lipinski definition) is 1. The quantitative estimate of drug-likeness (QED) is 0.681. The van der Waals surface area contributed by atoms with Crippen molar-refractivity contribution in [2.24, 2.45) is 0 Å². The van der Waals surface area contributed by atoms with Gasteiger partial charge in [-0.25, -0.2) is 0 Å². The van der Waals surface area contributed by atoms with Gasteiger partial charge in [0, 0.05) is 12.1 Å². The molecule has 0 aliphatic heterocycles. The fraction of sp³-hybridized carbons (Fsp3) is 0.600. The number of benzene rings is 1. The fourth-order valence-electron chi connectivity index (χ4n) is 2.05. The van der Waals surface area contributed by atoms with E-state index < -0.39 is 0 Å². The third kappa shape index (κ3) is 5.44. The minimum absolute atomic E-state index is 0.173. The predicted molar refractivity (Wildman–Crippen MR) is 88.8 cm³/mol. The van der Waals surface area contributed by atoms with Crippen LogP contribution in [0.4, 0.5) is 0 Å². The first-order chi connectivity index (χ1) is 8.89. The SMILES string of the molecule is CCCC(C)(C)NCc1cc(Br)c(OCC)c(Br)c1. The molecular formula is C15H23Br2NO. The van der Waals surface area contributed by atoms with Crippen molar-refractivity contribution < 1.29 is 4.74 Å². The van der Waals surface area contributed by atoms with E-state index in [1.54, 1.807) is 0 Å². The summed E-state index contributed by atoms with van der Waals surface area (Å²) in [5.74, 6) is 0.874. The van der Waals surface area contributed by atoms with Crippen LogP contribution in [0.5, 0.6) is 5.75 Å². The van der Waals surface area contributed by atoms with Crippen LogP contribution in [0, 0.1) is 0 Å². The molecule has 0 atom stereocenters. The maximum Gasteiger partial charge on any atom is 0.147 e. The van der Waals surface area contributed by atoms with Crippen LogP contribution in [0.2, 0.25) is 0 Å². The minimum atomic E-state index is 0.173. The Kier molecular flexibility index (Phi) is 6.84. The molecule has 1 aromatic carbocycles. The standard InChI is InChI=1S/C15H23Br2NO/c1-5-7-15(3,4)18-10-11-8-12(16)14(19-6-2)13(17)9-11/h8-9,18H,5-7,10H2,1-4H3. The Morgan fingerprint density at radius 3 is 2.21 bits per heavy atom. The summed E-state index contributed by atoms with van der Waals surface area (Å²) in [7, 11) is 0. The van der Waals surface area contributed by atoms with Gasteiger partial charge in [0.25, 0.3) is 0 Å². The van der Waals surface area contributed by atoms with Crippen molar-refractivity contribution >= 4 is 31.9 Å². The monoisotopic (exact) mass is 391 g/mol. The second kappa shape index (κ2) is 7.65. The molecule has 0 spiro atoms. The van der Waals surface area contributed by atoms with E-state index in [0.29, 0.717) is 6.61 Å². The topological polar surface area (TPSA) is 21.3 Å². The second-order valence-corrected chi connectivity index (χ2v) is 7.02. The number of hydrogen-bond acceptors (Lipinski definition) is 2. The van der Waals surface area contributed by atoms with Gasteiger partial charge < -0.3 is 10.1 Å². The van der Waals surface area contributed by atoms with Crippen LogP contribution in [0.1, 0.15) is 46.1 Å². The van der Waals surface area contributed by atoms with E-state index >= 15 is 0 Å². The molecule has 0 saturated heterocycles. The van der Waals surface area contributed by atoms with Crippen molar-refractivity contribution in [2.45, 2.75) is 52.6 Å². The predicted octanol–water partition coefficient (Wildman–Crippen LogP) is 5.28. The molecule has 108 valence electrons. The van der Waals surface area contributed by atoms with E-state index in [4.69, 9.17) is 4.74 Å². The molecule has 0 saturated carbocycles. The molecule has 0 radical (unpaired) electrons. The highest BCUT2D eigenvalue weighted by atomic mass is 79.9. The number of halogens is 2. The van der Waals surface area contributed by atoms with Crippen LogP contribution in [-0.4, -0.2) is 12.1 Å². The van der Waals surface area contributed by atoms with Crippen molar-refractivity contribution in [3.05, 3.63) is 26.6 Å². The Bertz CT molecular complexity index is 396. The van der Waals surface area contributed by atoms with Gasteiger partial charge in [-0.2, -0.15) is 0 Å². The summed E-state index contributed by atoms with van der Waals surface area (Å²) < 4.78 is 7.58. The van der Waals surface area contributed by atoms with Crippen molar-refractivity contribution in [3.63, 3.8) is 0 Å². The Labute approximate surface area is 133 Å². The normalized spacial score (nSPS) is 11.7. The van der Waals surface area contributed by atoms with Gasteiger partial charge in [0.1, 0.15) is 5.75 Å². The van der Waals surface area contributed by atoms with Crippen LogP contribution in [-0.2, 0) is 6.54 Å². The summed E-state index contributed by atoms with van der Waals surface area (Å²) in [5.41, 5.74) is 1.41. The van der Waals surface area contributed by atoms with E-state index in [2.05, 4.69) is 70.1 Å². The molecule has 0 aliphatic rings. The maximum absolute atomic E-state index is 5.59. The molecule has 2 nitrogen and oxygen atoms in total. The molecule has 0 aromatic heterocycles. The first-order valence-electron chi connectivity index (χ1n) is 6.75. The van der Waals surface area contributed by atoms with Gasteiger partial charge in [0.15, 0.2) is 0 Å². The summed E-state index contributed by atoms with van der Waals surface area (Å²) in [6.45, 7) is 10.2. The highest BCUT2D eigenvalue weighted by Crippen LogP contribution is 2.34. The van der Waals surface area contributed by atoms with Crippen LogP contribution in [0.15, 0.2) is 21.1 Å². The summed E-state index contributed by atoms with van der Waals surface area (Å²) in [6, 6.07) is 4.23. The minimum Gasteiger partial charge on any atom is -0.492 e. The van der Waals surface area contributed by atoms with Crippen LogP contribution >= 0.6 is 31.9 Å². The molecule has 0 heterocycles. The van der Waals surface area contributed by atoms with E-state index in [9.17, 15) is 0 Å². The molecule has 1 aromatic rings. The molecule has 0 fully saturated rings. The van der Waals surface area contributed by atoms with E-state index in [1.807, 2.05) is 6.92 Å². The van der Waals surface area contributed by atoms with Gasteiger partial charge >= 0.3 is 0 Å². The average Bonchev–Trinajstić information content (AvgIpc) is 2.31. The van der Waals surface area contributed by atoms with Gasteiger partial charge in [-0.3, -0.25) is 0 Å². The Morgan fingerprint density at radius 2 is 1.74 bits per heavy atom. The Balaban J connectivity index is 2.75. The zero-order chi connectivity index (χ0) is 14.5. The first kappa shape index (κ1) is 17.0. The fourth-order valence-corrected chi connectivity index (χ4v) is 3.56. The zero-order valence-corrected chi connectivity index (χ0v) is 15.3. The zero-order valence-electron chi connectivity index (χ0n) is 12.1. The van der Waals surface area contributed by atoms with Gasteiger partial charge in [0.05, 0.1) is 15.6 Å². The van der Waals surface area contributed by atoms with Gasteiger partial charge in [-0.05, 0) is 76.7 Å². The van der Waals surface area contributed by atoms with Crippen molar-refractivity contribution in [3.8, 4) is 5.75 Å². The van der Waals surface area contributed by atoms with E-state index in [-0.39, 0.29) is 5.54 Å². The first-order valence-corrected chi connectivity index (χ1v) is 8.34. The molecular weight excluding hydrogens is 370 g/mol. The lowest BCUT2D eigenvalue weighted by molar-refractivity contribution is 0.335. The lowest BCUT2D eigenvalue weighted by Gasteiger charge is -2.26. The molecule has 0 bridgehead atoms. The van der Waals surface area contributed by atoms with E-state index in [0.717, 1.165) is 21.2 Å². The molecule has 19 heavy (non-hydrogen) atoms. The summed E-state index contributed by atoms with van der Waals surface area (Å²) in [4.78, 5) is 0. The molecule has 1 N–H and O–H groups in total. The summed E-state index contributed by atoms with van der Waals surface area (Å²) >= 11 is 7.13. The maximum atomic E-state index is 5.59. The lowest BCUT2D eigenvalue weighted by atomic mass is 9.98. The highest BCUT2D eigenvalue weighted by molar-refractivity contribution is 9.11. The third-order valence-electron chi connectivity index (χ3n) is 2.99. The number of ether oxygens (including phenoxy) is 1. The second-order valence-electron chi connectivity index (χ2n) is 5.31. The molecule has 0 aliphatic carbocycles. The van der Waals surface area contributed by atoms with Gasteiger partial charge in [0.2, 0.25) is 0 Å². The average molecular weight is 393 g/mol. The van der Waals surface area contributed by atoms with Gasteiger partial charge in [-0.1, -0.05) is 13.3 Å². The van der Waals surface area contributed by atoms with Crippen molar-refractivity contribution in [1.29, 1.82) is 0 Å². The van der Waals surface area contributed by atoms with Gasteiger partial charge in [-0.15, -0.1) is 0 Å². The smallest absolute Gasteiger partial charge is 0.147 e. The Hall–Kier alpha value is -0.0600. The molecule has 0 amide bonds. The highest BCUT2D eigenvalue weighted by Gasteiger charge is 2.16. The molecule has 0 unspecified atom stereocenters. The van der Waals surface area contributed by atoms with Crippen LogP contribution in [0.3, 0.4) is 0 Å². The van der Waals surface area contributed by atoms with Crippen molar-refractivity contribution in [1.82, 2.24) is 5.32 Å². The summed E-state index contributed by atoms with van der Waals surface area (Å²) in [6.07, 6.45) is 2.36. The summed E-state index contributed by atoms with van der Waals surface area (Å²) in [5, 5.41) is 3.60. The number of rotatable bonds is 7. The third-order valence-corrected chi connectivity index (χ3v) is 4.17. The number of nitrogens with one attached hydrogen (secondary N) is 1. The van der Waals surface area contributed by atoms with Crippen molar-refractivity contribution in [2.75, 3.05) is 6.61 Å². The Morgan fingerprint density at radius 1 is 1.16 bits per heavy atom. The molecule has 4 heteroatoms. The van der Waals surface area contributed by atoms with E-state index in [1.165, 1.54) is 18.4 Å².